The molecule has 1 saturated carbocycles. The summed E-state index contributed by atoms with van der Waals surface area (Å²) >= 11 is 0. The van der Waals surface area contributed by atoms with Crippen molar-refractivity contribution < 1.29 is 23.1 Å². The minimum atomic E-state index is -4.17. The summed E-state index contributed by atoms with van der Waals surface area (Å²) in [5.74, 6) is -1.31. The lowest BCUT2D eigenvalue weighted by molar-refractivity contribution is -0.183. The predicted octanol–water partition coefficient (Wildman–Crippen LogP) is 3.21. The SMILES string of the molecule is CC(C)(CO)CCCNC(=O)NC1CCCC(C(F)(F)F)C1. The van der Waals surface area contributed by atoms with Crippen LogP contribution in [0.1, 0.15) is 52.4 Å². The normalized spacial score (nSPS) is 23.2. The number of urea groups is 1. The average molecular weight is 324 g/mol. The number of halogens is 3. The number of hydrogen-bond acceptors (Lipinski definition) is 2. The van der Waals surface area contributed by atoms with Crippen molar-refractivity contribution in [1.29, 1.82) is 0 Å². The van der Waals surface area contributed by atoms with E-state index in [0.717, 1.165) is 12.8 Å². The summed E-state index contributed by atoms with van der Waals surface area (Å²) in [7, 11) is 0. The zero-order chi connectivity index (χ0) is 16.8. The second kappa shape index (κ2) is 8.04. The van der Waals surface area contributed by atoms with E-state index in [1.165, 1.54) is 0 Å². The van der Waals surface area contributed by atoms with Gasteiger partial charge in [-0.15, -0.1) is 0 Å². The summed E-state index contributed by atoms with van der Waals surface area (Å²) in [6.45, 7) is 4.41. The molecule has 0 aromatic carbocycles. The Hall–Kier alpha value is -0.980. The molecule has 0 spiro atoms. The van der Waals surface area contributed by atoms with E-state index < -0.39 is 24.2 Å². The summed E-state index contributed by atoms with van der Waals surface area (Å²) in [5.41, 5.74) is -0.179. The van der Waals surface area contributed by atoms with Gasteiger partial charge < -0.3 is 15.7 Å². The van der Waals surface area contributed by atoms with Gasteiger partial charge in [-0.2, -0.15) is 13.2 Å². The number of alkyl halides is 3. The Morgan fingerprint density at radius 1 is 1.27 bits per heavy atom. The van der Waals surface area contributed by atoms with Crippen molar-refractivity contribution in [3.05, 3.63) is 0 Å². The van der Waals surface area contributed by atoms with Crippen LogP contribution < -0.4 is 10.6 Å². The van der Waals surface area contributed by atoms with Crippen LogP contribution in [0.5, 0.6) is 0 Å². The minimum absolute atomic E-state index is 0.0333. The summed E-state index contributed by atoms with van der Waals surface area (Å²) in [6, 6.07) is -0.816. The molecule has 1 rings (SSSR count). The summed E-state index contributed by atoms with van der Waals surface area (Å²) in [6.07, 6.45) is -1.49. The Morgan fingerprint density at radius 2 is 1.95 bits per heavy atom. The van der Waals surface area contributed by atoms with Gasteiger partial charge in [0.1, 0.15) is 0 Å². The van der Waals surface area contributed by atoms with E-state index in [4.69, 9.17) is 5.11 Å². The zero-order valence-corrected chi connectivity index (χ0v) is 13.3. The van der Waals surface area contributed by atoms with Gasteiger partial charge in [0.2, 0.25) is 0 Å². The predicted molar refractivity (Wildman–Crippen MR) is 78.4 cm³/mol. The maximum absolute atomic E-state index is 12.7. The molecule has 0 radical (unpaired) electrons. The molecule has 0 aromatic heterocycles. The Labute approximate surface area is 129 Å². The van der Waals surface area contributed by atoms with E-state index in [1.807, 2.05) is 13.8 Å². The molecule has 2 unspecified atom stereocenters. The van der Waals surface area contributed by atoms with Crippen LogP contribution in [0.15, 0.2) is 0 Å². The van der Waals surface area contributed by atoms with Crippen LogP contribution in [0.4, 0.5) is 18.0 Å². The summed E-state index contributed by atoms with van der Waals surface area (Å²) < 4.78 is 38.1. The molecule has 0 aliphatic heterocycles. The van der Waals surface area contributed by atoms with Gasteiger partial charge in [-0.05, 0) is 37.5 Å². The van der Waals surface area contributed by atoms with Crippen LogP contribution >= 0.6 is 0 Å². The second-order valence-electron chi connectivity index (χ2n) is 6.93. The Kier molecular flexibility index (Phi) is 6.97. The van der Waals surface area contributed by atoms with Crippen LogP contribution in [-0.2, 0) is 0 Å². The van der Waals surface area contributed by atoms with E-state index in [9.17, 15) is 18.0 Å². The summed E-state index contributed by atoms with van der Waals surface area (Å²) in [5, 5.41) is 14.4. The van der Waals surface area contributed by atoms with Crippen molar-refractivity contribution >= 4 is 6.03 Å². The highest BCUT2D eigenvalue weighted by Gasteiger charge is 2.42. The number of carbonyl (C=O) groups excluding carboxylic acids is 1. The maximum atomic E-state index is 12.7. The van der Waals surface area contributed by atoms with Gasteiger partial charge in [0.15, 0.2) is 0 Å². The highest BCUT2D eigenvalue weighted by atomic mass is 19.4. The molecule has 130 valence electrons. The van der Waals surface area contributed by atoms with Crippen molar-refractivity contribution in [1.82, 2.24) is 10.6 Å². The van der Waals surface area contributed by atoms with Crippen molar-refractivity contribution in [2.75, 3.05) is 13.2 Å². The number of rotatable bonds is 6. The van der Waals surface area contributed by atoms with Gasteiger partial charge in [0.05, 0.1) is 5.92 Å². The fraction of sp³-hybridized carbons (Fsp3) is 0.933. The largest absolute Gasteiger partial charge is 0.396 e. The number of aliphatic hydroxyl groups is 1. The third kappa shape index (κ3) is 6.85. The molecular weight excluding hydrogens is 297 g/mol. The lowest BCUT2D eigenvalue weighted by atomic mass is 9.85. The number of nitrogens with one attached hydrogen (secondary N) is 2. The molecule has 0 aromatic rings. The van der Waals surface area contributed by atoms with Gasteiger partial charge in [0, 0.05) is 19.2 Å². The highest BCUT2D eigenvalue weighted by molar-refractivity contribution is 5.74. The molecule has 3 N–H and O–H groups in total. The fourth-order valence-corrected chi connectivity index (χ4v) is 2.70. The van der Waals surface area contributed by atoms with E-state index in [-0.39, 0.29) is 24.9 Å². The smallest absolute Gasteiger partial charge is 0.391 e. The van der Waals surface area contributed by atoms with Gasteiger partial charge in [-0.1, -0.05) is 20.3 Å². The molecule has 4 nitrogen and oxygen atoms in total. The first-order valence-corrected chi connectivity index (χ1v) is 7.86. The molecule has 0 heterocycles. The van der Waals surface area contributed by atoms with E-state index in [0.29, 0.717) is 19.4 Å². The minimum Gasteiger partial charge on any atom is -0.396 e. The quantitative estimate of drug-likeness (QED) is 0.657. The lowest BCUT2D eigenvalue weighted by Gasteiger charge is -2.31. The van der Waals surface area contributed by atoms with Crippen molar-refractivity contribution in [2.45, 2.75) is 64.6 Å². The topological polar surface area (TPSA) is 61.4 Å². The fourth-order valence-electron chi connectivity index (χ4n) is 2.70. The van der Waals surface area contributed by atoms with Crippen LogP contribution in [0, 0.1) is 11.3 Å². The third-order valence-electron chi connectivity index (χ3n) is 4.22. The first-order chi connectivity index (χ1) is 10.1. The highest BCUT2D eigenvalue weighted by Crippen LogP contribution is 2.37. The molecule has 22 heavy (non-hydrogen) atoms. The van der Waals surface area contributed by atoms with Gasteiger partial charge in [0.25, 0.3) is 0 Å². The average Bonchev–Trinajstić information content (AvgIpc) is 2.43. The van der Waals surface area contributed by atoms with Gasteiger partial charge >= 0.3 is 12.2 Å². The van der Waals surface area contributed by atoms with E-state index >= 15 is 0 Å². The van der Waals surface area contributed by atoms with Crippen LogP contribution in [0.3, 0.4) is 0 Å². The molecule has 2 atom stereocenters. The van der Waals surface area contributed by atoms with Crippen LogP contribution in [0.25, 0.3) is 0 Å². The maximum Gasteiger partial charge on any atom is 0.391 e. The molecule has 1 aliphatic rings. The lowest BCUT2D eigenvalue weighted by Crippen LogP contribution is -2.46. The number of aliphatic hydroxyl groups excluding tert-OH is 1. The zero-order valence-electron chi connectivity index (χ0n) is 13.3. The monoisotopic (exact) mass is 324 g/mol. The number of hydrogen-bond donors (Lipinski definition) is 3. The Balaban J connectivity index is 2.25. The number of carbonyl (C=O) groups is 1. The third-order valence-corrected chi connectivity index (χ3v) is 4.22. The molecule has 7 heteroatoms. The number of amides is 2. The van der Waals surface area contributed by atoms with Crippen LogP contribution in [-0.4, -0.2) is 36.5 Å². The van der Waals surface area contributed by atoms with E-state index in [2.05, 4.69) is 10.6 Å². The van der Waals surface area contributed by atoms with Gasteiger partial charge in [-0.3, -0.25) is 0 Å². The first-order valence-electron chi connectivity index (χ1n) is 7.86. The molecule has 1 aliphatic carbocycles. The van der Waals surface area contributed by atoms with E-state index in [1.54, 1.807) is 0 Å². The Morgan fingerprint density at radius 3 is 2.55 bits per heavy atom. The molecular formula is C15H27F3N2O2. The van der Waals surface area contributed by atoms with Crippen molar-refractivity contribution in [3.63, 3.8) is 0 Å². The standard InChI is InChI=1S/C15H27F3N2O2/c1-14(2,10-21)7-4-8-19-13(22)20-12-6-3-5-11(9-12)15(16,17)18/h11-12,21H,3-10H2,1-2H3,(H2,19,20,22). The molecule has 0 bridgehead atoms. The van der Waals surface area contributed by atoms with Gasteiger partial charge in [-0.25, -0.2) is 4.79 Å². The second-order valence-corrected chi connectivity index (χ2v) is 6.93. The Bertz CT molecular complexity index is 359. The molecule has 2 amide bonds. The molecule has 0 saturated heterocycles. The summed E-state index contributed by atoms with van der Waals surface area (Å²) in [4.78, 5) is 11.7. The van der Waals surface area contributed by atoms with Crippen molar-refractivity contribution in [3.8, 4) is 0 Å². The van der Waals surface area contributed by atoms with Crippen LogP contribution in [0.2, 0.25) is 0 Å². The molecule has 1 fully saturated rings. The first kappa shape index (κ1) is 19.1. The van der Waals surface area contributed by atoms with Crippen molar-refractivity contribution in [2.24, 2.45) is 11.3 Å².